The van der Waals surface area contributed by atoms with Crippen LogP contribution in [-0.4, -0.2) is 59.6 Å². The molecule has 0 aromatic carbocycles. The van der Waals surface area contributed by atoms with Gasteiger partial charge in [-0.3, -0.25) is 9.11 Å². The molecule has 0 amide bonds. The standard InChI is InChI=1S/2C7H12O5S/c1-5(4-13(10,11)12)3-6(2)7(8)9;1-6(7(8)9)4-2-3-5-13(10,11)12/h3,5H,4H2,1-2H3,(H,8,9)(H,10,11,12);1-5H2,(H,8,9)(H,10,11,12). The molecule has 0 radical (unpaired) electrons. The molecule has 0 saturated heterocycles. The summed E-state index contributed by atoms with van der Waals surface area (Å²) in [5.41, 5.74) is 0.117. The van der Waals surface area contributed by atoms with E-state index in [4.69, 9.17) is 19.3 Å². The molecule has 1 unspecified atom stereocenters. The predicted octanol–water partition coefficient (Wildman–Crippen LogP) is 1.23. The Bertz CT molecular complexity index is 732. The summed E-state index contributed by atoms with van der Waals surface area (Å²) in [7, 11) is -7.95. The van der Waals surface area contributed by atoms with Crippen molar-refractivity contribution < 1.29 is 45.7 Å². The molecule has 0 fully saturated rings. The molecule has 1 atom stereocenters. The fourth-order valence-electron chi connectivity index (χ4n) is 1.61. The van der Waals surface area contributed by atoms with Gasteiger partial charge in [-0.1, -0.05) is 19.6 Å². The van der Waals surface area contributed by atoms with E-state index in [0.717, 1.165) is 0 Å². The second-order valence-electron chi connectivity index (χ2n) is 5.53. The molecule has 10 nitrogen and oxygen atoms in total. The Labute approximate surface area is 152 Å². The van der Waals surface area contributed by atoms with Gasteiger partial charge in [-0.25, -0.2) is 9.59 Å². The largest absolute Gasteiger partial charge is 0.478 e. The molecule has 0 aromatic heterocycles. The summed E-state index contributed by atoms with van der Waals surface area (Å²) < 4.78 is 58.0. The molecule has 26 heavy (non-hydrogen) atoms. The first-order valence-electron chi connectivity index (χ1n) is 7.28. The number of unbranched alkanes of at least 4 members (excludes halogenated alkanes) is 1. The highest BCUT2D eigenvalue weighted by Gasteiger charge is 2.11. The third-order valence-corrected chi connectivity index (χ3v) is 4.53. The highest BCUT2D eigenvalue weighted by molar-refractivity contribution is 7.86. The molecular formula is C14H24O10S2. The first-order chi connectivity index (χ1) is 11.5. The molecule has 0 aromatic rings. The first-order valence-corrected chi connectivity index (χ1v) is 10.5. The summed E-state index contributed by atoms with van der Waals surface area (Å²) >= 11 is 0. The zero-order chi connectivity index (χ0) is 21.1. The summed E-state index contributed by atoms with van der Waals surface area (Å²) in [6.07, 6.45) is 2.16. The van der Waals surface area contributed by atoms with Crippen molar-refractivity contribution in [1.82, 2.24) is 0 Å². The Morgan fingerprint density at radius 1 is 1.00 bits per heavy atom. The fourth-order valence-corrected chi connectivity index (χ4v) is 2.94. The van der Waals surface area contributed by atoms with E-state index in [1.165, 1.54) is 19.9 Å². The van der Waals surface area contributed by atoms with Crippen LogP contribution < -0.4 is 0 Å². The van der Waals surface area contributed by atoms with Crippen molar-refractivity contribution in [3.8, 4) is 0 Å². The average molecular weight is 416 g/mol. The highest BCUT2D eigenvalue weighted by atomic mass is 32.2. The third-order valence-electron chi connectivity index (χ3n) is 2.78. The van der Waals surface area contributed by atoms with Gasteiger partial charge in [0.25, 0.3) is 20.2 Å². The maximum absolute atomic E-state index is 10.4. The van der Waals surface area contributed by atoms with Crippen LogP contribution in [0.1, 0.15) is 33.1 Å². The van der Waals surface area contributed by atoms with E-state index in [-0.39, 0.29) is 29.7 Å². The minimum absolute atomic E-state index is 0.0512. The SMILES string of the molecule is C=C(CCCCS(=O)(=O)O)C(=O)O.CC(=CC(C)CS(=O)(=O)O)C(=O)O. The normalized spacial score (nSPS) is 13.3. The molecule has 0 aliphatic heterocycles. The number of hydrogen-bond donors (Lipinski definition) is 4. The van der Waals surface area contributed by atoms with Crippen molar-refractivity contribution in [2.24, 2.45) is 5.92 Å². The van der Waals surface area contributed by atoms with Gasteiger partial charge >= 0.3 is 11.9 Å². The average Bonchev–Trinajstić information content (AvgIpc) is 2.40. The monoisotopic (exact) mass is 416 g/mol. The smallest absolute Gasteiger partial charge is 0.330 e. The number of allylic oxidation sites excluding steroid dienone is 1. The van der Waals surface area contributed by atoms with Gasteiger partial charge in [0, 0.05) is 11.1 Å². The topological polar surface area (TPSA) is 183 Å². The molecule has 12 heteroatoms. The molecule has 0 aliphatic rings. The summed E-state index contributed by atoms with van der Waals surface area (Å²) in [5.74, 6) is -3.47. The fraction of sp³-hybridized carbons (Fsp3) is 0.571. The molecule has 0 saturated carbocycles. The van der Waals surface area contributed by atoms with Gasteiger partial charge in [0.2, 0.25) is 0 Å². The van der Waals surface area contributed by atoms with Crippen LogP contribution in [0.25, 0.3) is 0 Å². The second kappa shape index (κ2) is 11.8. The van der Waals surface area contributed by atoms with Crippen molar-refractivity contribution >= 4 is 32.2 Å². The number of aliphatic carboxylic acids is 2. The Kier molecular flexibility index (Phi) is 12.0. The lowest BCUT2D eigenvalue weighted by atomic mass is 10.1. The van der Waals surface area contributed by atoms with E-state index in [1.54, 1.807) is 0 Å². The molecule has 4 N–H and O–H groups in total. The number of hydrogen-bond acceptors (Lipinski definition) is 6. The lowest BCUT2D eigenvalue weighted by molar-refractivity contribution is -0.133. The summed E-state index contributed by atoms with van der Waals surface area (Å²) in [5, 5.41) is 16.8. The van der Waals surface area contributed by atoms with E-state index in [1.807, 2.05) is 0 Å². The molecule has 0 heterocycles. The van der Waals surface area contributed by atoms with Gasteiger partial charge in [0.05, 0.1) is 11.5 Å². The van der Waals surface area contributed by atoms with Gasteiger partial charge < -0.3 is 10.2 Å². The number of rotatable bonds is 10. The van der Waals surface area contributed by atoms with E-state index in [0.29, 0.717) is 6.42 Å². The third kappa shape index (κ3) is 18.6. The first kappa shape index (κ1) is 26.5. The van der Waals surface area contributed by atoms with Crippen LogP contribution in [0.3, 0.4) is 0 Å². The van der Waals surface area contributed by atoms with Crippen LogP contribution in [0, 0.1) is 5.92 Å². The van der Waals surface area contributed by atoms with E-state index >= 15 is 0 Å². The maximum Gasteiger partial charge on any atom is 0.330 e. The minimum Gasteiger partial charge on any atom is -0.478 e. The summed E-state index contributed by atoms with van der Waals surface area (Å²) in [4.78, 5) is 20.5. The minimum atomic E-state index is -4.03. The molecular weight excluding hydrogens is 392 g/mol. The van der Waals surface area contributed by atoms with Gasteiger partial charge in [0.1, 0.15) is 0 Å². The molecule has 0 rings (SSSR count). The summed E-state index contributed by atoms with van der Waals surface area (Å²) in [6, 6.07) is 0. The van der Waals surface area contributed by atoms with Crippen LogP contribution in [-0.2, 0) is 29.8 Å². The molecule has 0 bridgehead atoms. The van der Waals surface area contributed by atoms with Crippen molar-refractivity contribution in [3.63, 3.8) is 0 Å². The quantitative estimate of drug-likeness (QED) is 0.229. The van der Waals surface area contributed by atoms with Crippen molar-refractivity contribution in [1.29, 1.82) is 0 Å². The lowest BCUT2D eigenvalue weighted by Crippen LogP contribution is -2.12. The van der Waals surface area contributed by atoms with Crippen molar-refractivity contribution in [2.45, 2.75) is 33.1 Å². The van der Waals surface area contributed by atoms with E-state index < -0.39 is 43.8 Å². The van der Waals surface area contributed by atoms with E-state index in [2.05, 4.69) is 6.58 Å². The molecule has 0 spiro atoms. The lowest BCUT2D eigenvalue weighted by Gasteiger charge is -2.03. The van der Waals surface area contributed by atoms with Gasteiger partial charge in [0.15, 0.2) is 0 Å². The van der Waals surface area contributed by atoms with Crippen LogP contribution in [0.2, 0.25) is 0 Å². The van der Waals surface area contributed by atoms with Gasteiger partial charge in [-0.05, 0) is 32.1 Å². The molecule has 152 valence electrons. The van der Waals surface area contributed by atoms with Gasteiger partial charge in [-0.2, -0.15) is 16.8 Å². The Balaban J connectivity index is 0. The van der Waals surface area contributed by atoms with Crippen LogP contribution in [0.15, 0.2) is 23.8 Å². The van der Waals surface area contributed by atoms with Crippen molar-refractivity contribution in [2.75, 3.05) is 11.5 Å². The van der Waals surface area contributed by atoms with Crippen LogP contribution in [0.5, 0.6) is 0 Å². The zero-order valence-corrected chi connectivity index (χ0v) is 16.1. The Morgan fingerprint density at radius 3 is 1.85 bits per heavy atom. The second-order valence-corrected chi connectivity index (χ2v) is 8.60. The van der Waals surface area contributed by atoms with Crippen LogP contribution in [0.4, 0.5) is 0 Å². The maximum atomic E-state index is 10.4. The highest BCUT2D eigenvalue weighted by Crippen LogP contribution is 2.06. The Hall–Kier alpha value is -1.76. The number of carboxylic acids is 2. The van der Waals surface area contributed by atoms with Crippen molar-refractivity contribution in [3.05, 3.63) is 23.8 Å². The predicted molar refractivity (Wildman–Crippen MR) is 94.0 cm³/mol. The molecule has 0 aliphatic carbocycles. The zero-order valence-electron chi connectivity index (χ0n) is 14.5. The van der Waals surface area contributed by atoms with Gasteiger partial charge in [-0.15, -0.1) is 0 Å². The number of carboxylic acid groups (broad SMARTS) is 2. The summed E-state index contributed by atoms with van der Waals surface area (Å²) in [6.45, 7) is 6.15. The number of carbonyl (C=O) groups is 2. The van der Waals surface area contributed by atoms with Crippen LogP contribution >= 0.6 is 0 Å². The Morgan fingerprint density at radius 2 is 1.50 bits per heavy atom. The van der Waals surface area contributed by atoms with E-state index in [9.17, 15) is 26.4 Å².